The molecule has 1 amide bonds. The minimum atomic E-state index is -0.109. The highest BCUT2D eigenvalue weighted by atomic mass is 16.1. The number of amides is 1. The molecule has 0 bridgehead atoms. The van der Waals surface area contributed by atoms with Crippen molar-refractivity contribution in [3.63, 3.8) is 0 Å². The number of nitrogens with two attached hydrogens (primary N) is 1. The summed E-state index contributed by atoms with van der Waals surface area (Å²) in [6, 6.07) is 0.263. The SMILES string of the molecule is C=CC(=O)NC1CCCCCC1N. The first-order chi connectivity index (χ1) is 6.24. The van der Waals surface area contributed by atoms with Crippen LogP contribution in [0.5, 0.6) is 0 Å². The molecule has 2 atom stereocenters. The fraction of sp³-hybridized carbons (Fsp3) is 0.700. The van der Waals surface area contributed by atoms with Crippen LogP contribution in [0, 0.1) is 0 Å². The quantitative estimate of drug-likeness (QED) is 0.493. The molecule has 3 heteroatoms. The van der Waals surface area contributed by atoms with Crippen LogP contribution in [0.25, 0.3) is 0 Å². The van der Waals surface area contributed by atoms with Crippen molar-refractivity contribution in [3.05, 3.63) is 12.7 Å². The third-order valence-corrected chi connectivity index (χ3v) is 2.58. The van der Waals surface area contributed by atoms with E-state index in [1.807, 2.05) is 0 Å². The molecular weight excluding hydrogens is 164 g/mol. The van der Waals surface area contributed by atoms with Crippen LogP contribution in [0.3, 0.4) is 0 Å². The molecule has 1 fully saturated rings. The van der Waals surface area contributed by atoms with Crippen LogP contribution in [0.2, 0.25) is 0 Å². The summed E-state index contributed by atoms with van der Waals surface area (Å²) in [5.74, 6) is -0.109. The smallest absolute Gasteiger partial charge is 0.243 e. The molecule has 0 spiro atoms. The Bertz CT molecular complexity index is 191. The molecule has 3 N–H and O–H groups in total. The lowest BCUT2D eigenvalue weighted by atomic mass is 10.0. The van der Waals surface area contributed by atoms with Crippen LogP contribution in [0.4, 0.5) is 0 Å². The minimum absolute atomic E-state index is 0.109. The maximum atomic E-state index is 11.1. The van der Waals surface area contributed by atoms with E-state index >= 15 is 0 Å². The van der Waals surface area contributed by atoms with Gasteiger partial charge in [-0.3, -0.25) is 4.79 Å². The van der Waals surface area contributed by atoms with E-state index in [1.165, 1.54) is 18.9 Å². The highest BCUT2D eigenvalue weighted by molar-refractivity contribution is 5.87. The lowest BCUT2D eigenvalue weighted by Gasteiger charge is -2.21. The van der Waals surface area contributed by atoms with E-state index < -0.39 is 0 Å². The standard InChI is InChI=1S/C10H18N2O/c1-2-10(13)12-9-7-5-3-4-6-8(9)11/h2,8-9H,1,3-7,11H2,(H,12,13). The molecule has 13 heavy (non-hydrogen) atoms. The topological polar surface area (TPSA) is 55.1 Å². The largest absolute Gasteiger partial charge is 0.348 e. The molecule has 0 aromatic rings. The van der Waals surface area contributed by atoms with Crippen molar-refractivity contribution in [3.8, 4) is 0 Å². The summed E-state index contributed by atoms with van der Waals surface area (Å²) in [7, 11) is 0. The zero-order valence-corrected chi connectivity index (χ0v) is 7.96. The van der Waals surface area contributed by atoms with Crippen molar-refractivity contribution in [2.24, 2.45) is 5.73 Å². The number of carbonyl (C=O) groups excluding carboxylic acids is 1. The third kappa shape index (κ3) is 3.19. The average Bonchev–Trinajstić information content (AvgIpc) is 2.32. The second-order valence-corrected chi connectivity index (χ2v) is 3.62. The molecule has 1 aliphatic carbocycles. The molecule has 0 heterocycles. The average molecular weight is 182 g/mol. The first-order valence-electron chi connectivity index (χ1n) is 4.92. The van der Waals surface area contributed by atoms with Gasteiger partial charge in [-0.05, 0) is 18.9 Å². The lowest BCUT2D eigenvalue weighted by molar-refractivity contribution is -0.117. The van der Waals surface area contributed by atoms with Gasteiger partial charge in [-0.25, -0.2) is 0 Å². The van der Waals surface area contributed by atoms with E-state index in [9.17, 15) is 4.79 Å². The summed E-state index contributed by atoms with van der Waals surface area (Å²) in [4.78, 5) is 11.1. The van der Waals surface area contributed by atoms with Crippen LogP contribution in [0.15, 0.2) is 12.7 Å². The molecule has 0 aromatic heterocycles. The maximum absolute atomic E-state index is 11.1. The van der Waals surface area contributed by atoms with Gasteiger partial charge in [0.25, 0.3) is 0 Å². The summed E-state index contributed by atoms with van der Waals surface area (Å²) < 4.78 is 0. The first-order valence-corrected chi connectivity index (χ1v) is 4.92. The van der Waals surface area contributed by atoms with E-state index in [1.54, 1.807) is 0 Å². The molecule has 0 aliphatic heterocycles. The maximum Gasteiger partial charge on any atom is 0.243 e. The highest BCUT2D eigenvalue weighted by Crippen LogP contribution is 2.16. The van der Waals surface area contributed by atoms with Crippen molar-refractivity contribution in [1.29, 1.82) is 0 Å². The van der Waals surface area contributed by atoms with Crippen LogP contribution < -0.4 is 11.1 Å². The van der Waals surface area contributed by atoms with Gasteiger partial charge < -0.3 is 11.1 Å². The monoisotopic (exact) mass is 182 g/mol. The van der Waals surface area contributed by atoms with Crippen molar-refractivity contribution >= 4 is 5.91 Å². The van der Waals surface area contributed by atoms with E-state index in [2.05, 4.69) is 11.9 Å². The normalized spacial score (nSPS) is 29.0. The van der Waals surface area contributed by atoms with Crippen molar-refractivity contribution < 1.29 is 4.79 Å². The Labute approximate surface area is 79.4 Å². The summed E-state index contributed by atoms with van der Waals surface area (Å²) in [5.41, 5.74) is 5.93. The van der Waals surface area contributed by atoms with Gasteiger partial charge in [0, 0.05) is 12.1 Å². The number of hydrogen-bond donors (Lipinski definition) is 2. The number of rotatable bonds is 2. The molecule has 0 radical (unpaired) electrons. The molecule has 1 saturated carbocycles. The Hall–Kier alpha value is -0.830. The summed E-state index contributed by atoms with van der Waals surface area (Å²) in [6.07, 6.45) is 6.89. The van der Waals surface area contributed by atoms with Gasteiger partial charge in [0.15, 0.2) is 0 Å². The van der Waals surface area contributed by atoms with E-state index in [-0.39, 0.29) is 18.0 Å². The zero-order chi connectivity index (χ0) is 9.68. The highest BCUT2D eigenvalue weighted by Gasteiger charge is 2.20. The molecule has 74 valence electrons. The number of nitrogens with one attached hydrogen (secondary N) is 1. The Morgan fingerprint density at radius 3 is 2.77 bits per heavy atom. The van der Waals surface area contributed by atoms with Crippen LogP contribution in [-0.4, -0.2) is 18.0 Å². The predicted molar refractivity (Wildman–Crippen MR) is 53.2 cm³/mol. The number of hydrogen-bond acceptors (Lipinski definition) is 2. The van der Waals surface area contributed by atoms with Crippen molar-refractivity contribution in [2.45, 2.75) is 44.2 Å². The lowest BCUT2D eigenvalue weighted by Crippen LogP contribution is -2.46. The molecular formula is C10H18N2O. The van der Waals surface area contributed by atoms with Gasteiger partial charge in [-0.2, -0.15) is 0 Å². The second-order valence-electron chi connectivity index (χ2n) is 3.62. The van der Waals surface area contributed by atoms with Gasteiger partial charge in [-0.1, -0.05) is 25.8 Å². The zero-order valence-electron chi connectivity index (χ0n) is 7.96. The Kier molecular flexibility index (Phi) is 3.96. The summed E-state index contributed by atoms with van der Waals surface area (Å²) >= 11 is 0. The van der Waals surface area contributed by atoms with Gasteiger partial charge >= 0.3 is 0 Å². The van der Waals surface area contributed by atoms with Crippen LogP contribution in [-0.2, 0) is 4.79 Å². The minimum Gasteiger partial charge on any atom is -0.348 e. The van der Waals surface area contributed by atoms with Gasteiger partial charge in [0.05, 0.1) is 0 Å². The molecule has 0 saturated heterocycles. The Morgan fingerprint density at radius 2 is 2.08 bits per heavy atom. The fourth-order valence-corrected chi connectivity index (χ4v) is 1.76. The van der Waals surface area contributed by atoms with Gasteiger partial charge in [0.2, 0.25) is 5.91 Å². The van der Waals surface area contributed by atoms with Gasteiger partial charge in [-0.15, -0.1) is 0 Å². The van der Waals surface area contributed by atoms with Gasteiger partial charge in [0.1, 0.15) is 0 Å². The summed E-state index contributed by atoms with van der Waals surface area (Å²) in [6.45, 7) is 3.42. The second kappa shape index (κ2) is 5.02. The van der Waals surface area contributed by atoms with Crippen molar-refractivity contribution in [2.75, 3.05) is 0 Å². The van der Waals surface area contributed by atoms with Crippen LogP contribution >= 0.6 is 0 Å². The Balaban J connectivity index is 2.44. The Morgan fingerprint density at radius 1 is 1.38 bits per heavy atom. The fourth-order valence-electron chi connectivity index (χ4n) is 1.76. The predicted octanol–water partition coefficient (Wildman–Crippen LogP) is 0.949. The molecule has 3 nitrogen and oxygen atoms in total. The van der Waals surface area contributed by atoms with E-state index in [0.717, 1.165) is 19.3 Å². The summed E-state index contributed by atoms with van der Waals surface area (Å²) in [5, 5.41) is 2.88. The van der Waals surface area contributed by atoms with E-state index in [4.69, 9.17) is 5.73 Å². The third-order valence-electron chi connectivity index (χ3n) is 2.58. The van der Waals surface area contributed by atoms with Crippen molar-refractivity contribution in [1.82, 2.24) is 5.32 Å². The molecule has 0 aromatic carbocycles. The molecule has 1 aliphatic rings. The van der Waals surface area contributed by atoms with Crippen LogP contribution in [0.1, 0.15) is 32.1 Å². The van der Waals surface area contributed by atoms with E-state index in [0.29, 0.717) is 0 Å². The number of carbonyl (C=O) groups is 1. The first kappa shape index (κ1) is 10.3. The molecule has 1 rings (SSSR count). The molecule has 2 unspecified atom stereocenters.